The third kappa shape index (κ3) is 1.32. The molecule has 1 saturated carbocycles. The number of hydrogen-bond donors (Lipinski definition) is 2. The van der Waals surface area contributed by atoms with Crippen molar-refractivity contribution in [3.05, 3.63) is 22.0 Å². The van der Waals surface area contributed by atoms with Crippen LogP contribution in [-0.4, -0.2) is 21.7 Å². The van der Waals surface area contributed by atoms with Crippen molar-refractivity contribution in [3.8, 4) is 0 Å². The fraction of sp³-hybridized carbons (Fsp3) is 0.667. The fourth-order valence-electron chi connectivity index (χ4n) is 2.42. The second kappa shape index (κ2) is 3.03. The van der Waals surface area contributed by atoms with E-state index >= 15 is 0 Å². The van der Waals surface area contributed by atoms with Crippen LogP contribution in [0.4, 0.5) is 5.69 Å². The molecule has 0 aliphatic heterocycles. The minimum atomic E-state index is -0.402. The van der Waals surface area contributed by atoms with Gasteiger partial charge in [-0.05, 0) is 17.9 Å². The molecule has 6 heteroatoms. The summed E-state index contributed by atoms with van der Waals surface area (Å²) in [6, 6.07) is 0. The molecule has 0 radical (unpaired) electrons. The molecule has 1 aliphatic carbocycles. The lowest BCUT2D eigenvalue weighted by Crippen LogP contribution is -2.05. The number of nitrogens with zero attached hydrogens (tertiary/aromatic N) is 2. The van der Waals surface area contributed by atoms with Crippen LogP contribution in [0.1, 0.15) is 25.5 Å². The van der Waals surface area contributed by atoms with Crippen molar-refractivity contribution in [2.45, 2.75) is 19.8 Å². The largest absolute Gasteiger partial charge is 0.330 e. The van der Waals surface area contributed by atoms with Crippen LogP contribution in [0.5, 0.6) is 0 Å². The number of aromatic nitrogens is 2. The summed E-state index contributed by atoms with van der Waals surface area (Å²) in [4.78, 5) is 10.3. The molecule has 82 valence electrons. The van der Waals surface area contributed by atoms with E-state index in [9.17, 15) is 10.1 Å². The second-order valence-electron chi connectivity index (χ2n) is 4.57. The highest BCUT2D eigenvalue weighted by atomic mass is 16.6. The van der Waals surface area contributed by atoms with Gasteiger partial charge in [-0.25, -0.2) is 0 Å². The standard InChI is InChI=1S/C9H14N4O2/c1-9(2)5(3-10)7(9)8-6(13(14)15)4-11-12-8/h4-5,7H,3,10H2,1-2H3,(H,11,12)/t5-,7+/m0/s1. The maximum absolute atomic E-state index is 10.7. The Morgan fingerprint density at radius 3 is 2.87 bits per heavy atom. The van der Waals surface area contributed by atoms with Gasteiger partial charge in [0, 0.05) is 5.92 Å². The van der Waals surface area contributed by atoms with Crippen LogP contribution in [0, 0.1) is 21.4 Å². The van der Waals surface area contributed by atoms with Crippen LogP contribution in [0.15, 0.2) is 6.20 Å². The van der Waals surface area contributed by atoms with Crippen molar-refractivity contribution >= 4 is 5.69 Å². The first-order chi connectivity index (χ1) is 7.00. The van der Waals surface area contributed by atoms with Gasteiger partial charge in [-0.3, -0.25) is 15.2 Å². The molecular weight excluding hydrogens is 196 g/mol. The lowest BCUT2D eigenvalue weighted by atomic mass is 10.1. The Labute approximate surface area is 87.0 Å². The smallest absolute Gasteiger partial charge is 0.310 e. The van der Waals surface area contributed by atoms with Gasteiger partial charge in [0.15, 0.2) is 0 Å². The van der Waals surface area contributed by atoms with E-state index in [0.717, 1.165) is 0 Å². The number of rotatable bonds is 3. The Bertz CT molecular complexity index is 399. The van der Waals surface area contributed by atoms with Gasteiger partial charge in [-0.2, -0.15) is 5.10 Å². The average Bonchev–Trinajstić information content (AvgIpc) is 2.57. The first-order valence-electron chi connectivity index (χ1n) is 4.88. The molecule has 0 spiro atoms. The Morgan fingerprint density at radius 1 is 1.73 bits per heavy atom. The van der Waals surface area contributed by atoms with Crippen LogP contribution < -0.4 is 5.73 Å². The van der Waals surface area contributed by atoms with E-state index in [1.165, 1.54) is 6.20 Å². The predicted octanol–water partition coefficient (Wildman–Crippen LogP) is 1.02. The van der Waals surface area contributed by atoms with Crippen LogP contribution >= 0.6 is 0 Å². The summed E-state index contributed by atoms with van der Waals surface area (Å²) in [7, 11) is 0. The molecule has 6 nitrogen and oxygen atoms in total. The van der Waals surface area contributed by atoms with Crippen molar-refractivity contribution in [3.63, 3.8) is 0 Å². The molecule has 2 rings (SSSR count). The summed E-state index contributed by atoms with van der Waals surface area (Å²) in [6.07, 6.45) is 1.26. The van der Waals surface area contributed by atoms with Crippen molar-refractivity contribution < 1.29 is 4.92 Å². The molecular formula is C9H14N4O2. The number of hydrogen-bond acceptors (Lipinski definition) is 4. The summed E-state index contributed by atoms with van der Waals surface area (Å²) >= 11 is 0. The summed E-state index contributed by atoms with van der Waals surface area (Å²) in [6.45, 7) is 4.69. The molecule has 0 unspecified atom stereocenters. The molecule has 1 heterocycles. The molecule has 3 N–H and O–H groups in total. The minimum absolute atomic E-state index is 0.0338. The predicted molar refractivity (Wildman–Crippen MR) is 54.3 cm³/mol. The van der Waals surface area contributed by atoms with E-state index in [1.807, 2.05) is 0 Å². The second-order valence-corrected chi connectivity index (χ2v) is 4.57. The van der Waals surface area contributed by atoms with Crippen LogP contribution in [-0.2, 0) is 0 Å². The number of H-pyrrole nitrogens is 1. The Balaban J connectivity index is 2.33. The molecule has 0 bridgehead atoms. The van der Waals surface area contributed by atoms with E-state index in [1.54, 1.807) is 0 Å². The SMILES string of the molecule is CC1(C)[C@@H](CN)[C@@H]1c1[nH]ncc1[N+](=O)[O-]. The summed E-state index contributed by atoms with van der Waals surface area (Å²) in [5.41, 5.74) is 6.35. The van der Waals surface area contributed by atoms with Gasteiger partial charge in [0.1, 0.15) is 11.9 Å². The maximum Gasteiger partial charge on any atom is 0.310 e. The molecule has 15 heavy (non-hydrogen) atoms. The van der Waals surface area contributed by atoms with Gasteiger partial charge in [0.2, 0.25) is 0 Å². The molecule has 1 aliphatic rings. The van der Waals surface area contributed by atoms with E-state index < -0.39 is 4.92 Å². The highest BCUT2D eigenvalue weighted by Crippen LogP contribution is 2.64. The fourth-order valence-corrected chi connectivity index (χ4v) is 2.42. The first kappa shape index (κ1) is 10.1. The van der Waals surface area contributed by atoms with E-state index in [0.29, 0.717) is 18.2 Å². The third-order valence-electron chi connectivity index (χ3n) is 3.46. The molecule has 2 atom stereocenters. The zero-order valence-electron chi connectivity index (χ0n) is 8.73. The Morgan fingerprint density at radius 2 is 2.40 bits per heavy atom. The van der Waals surface area contributed by atoms with E-state index in [-0.39, 0.29) is 17.0 Å². The van der Waals surface area contributed by atoms with Gasteiger partial charge < -0.3 is 5.73 Å². The normalized spacial score (nSPS) is 27.7. The Kier molecular flexibility index (Phi) is 2.04. The average molecular weight is 210 g/mol. The number of nitrogens with two attached hydrogens (primary N) is 1. The lowest BCUT2D eigenvalue weighted by molar-refractivity contribution is -0.385. The van der Waals surface area contributed by atoms with E-state index in [4.69, 9.17) is 5.73 Å². The van der Waals surface area contributed by atoms with Crippen LogP contribution in [0.25, 0.3) is 0 Å². The quantitative estimate of drug-likeness (QED) is 0.574. The first-order valence-corrected chi connectivity index (χ1v) is 4.88. The number of nitro groups is 1. The number of nitrogens with one attached hydrogen (secondary N) is 1. The van der Waals surface area contributed by atoms with Gasteiger partial charge in [-0.15, -0.1) is 0 Å². The van der Waals surface area contributed by atoms with Crippen LogP contribution in [0.2, 0.25) is 0 Å². The highest BCUT2D eigenvalue weighted by Gasteiger charge is 2.60. The third-order valence-corrected chi connectivity index (χ3v) is 3.46. The van der Waals surface area contributed by atoms with E-state index in [2.05, 4.69) is 24.0 Å². The summed E-state index contributed by atoms with van der Waals surface area (Å²) in [5, 5.41) is 17.2. The lowest BCUT2D eigenvalue weighted by Gasteiger charge is -1.99. The molecule has 1 aromatic heterocycles. The van der Waals surface area contributed by atoms with Crippen molar-refractivity contribution in [1.82, 2.24) is 10.2 Å². The van der Waals surface area contributed by atoms with Crippen LogP contribution in [0.3, 0.4) is 0 Å². The molecule has 1 aromatic rings. The summed E-state index contributed by atoms with van der Waals surface area (Å²) in [5.74, 6) is 0.432. The molecule has 0 amide bonds. The highest BCUT2D eigenvalue weighted by molar-refractivity contribution is 5.41. The maximum atomic E-state index is 10.7. The Hall–Kier alpha value is -1.43. The number of aromatic amines is 1. The topological polar surface area (TPSA) is 97.8 Å². The van der Waals surface area contributed by atoms with Crippen molar-refractivity contribution in [2.75, 3.05) is 6.54 Å². The monoisotopic (exact) mass is 210 g/mol. The van der Waals surface area contributed by atoms with Gasteiger partial charge >= 0.3 is 5.69 Å². The van der Waals surface area contributed by atoms with Crippen molar-refractivity contribution in [1.29, 1.82) is 0 Å². The minimum Gasteiger partial charge on any atom is -0.330 e. The summed E-state index contributed by atoms with van der Waals surface area (Å²) < 4.78 is 0. The zero-order chi connectivity index (χ0) is 11.2. The molecule has 0 aromatic carbocycles. The molecule has 0 saturated heterocycles. The van der Waals surface area contributed by atoms with Gasteiger partial charge in [0.05, 0.1) is 4.92 Å². The van der Waals surface area contributed by atoms with Crippen molar-refractivity contribution in [2.24, 2.45) is 17.1 Å². The van der Waals surface area contributed by atoms with Gasteiger partial charge in [-0.1, -0.05) is 13.8 Å². The zero-order valence-corrected chi connectivity index (χ0v) is 8.73. The molecule has 1 fully saturated rings. The van der Waals surface area contributed by atoms with Gasteiger partial charge in [0.25, 0.3) is 0 Å².